The minimum absolute atomic E-state index is 0.0209. The minimum Gasteiger partial charge on any atom is -0.508 e. The molecule has 0 bridgehead atoms. The maximum atomic E-state index is 11.1. The molecule has 0 saturated heterocycles. The van der Waals surface area contributed by atoms with Crippen LogP contribution >= 0.6 is 0 Å². The van der Waals surface area contributed by atoms with Crippen molar-refractivity contribution in [1.29, 1.82) is 0 Å². The number of aryl methyl sites for hydroxylation is 1. The smallest absolute Gasteiger partial charge is 0.224 e. The number of hydrogen-bond donors (Lipinski definition) is 2. The van der Waals surface area contributed by atoms with Gasteiger partial charge < -0.3 is 10.4 Å². The lowest BCUT2D eigenvalue weighted by molar-refractivity contribution is -0.116. The lowest BCUT2D eigenvalue weighted by Crippen LogP contribution is -2.18. The van der Waals surface area contributed by atoms with Crippen LogP contribution in [-0.2, 0) is 11.2 Å². The SMILES string of the molecule is C=C(O)c1ccc2c(c1)NC(=O)CC2. The molecule has 72 valence electrons. The molecular weight excluding hydrogens is 178 g/mol. The summed E-state index contributed by atoms with van der Waals surface area (Å²) in [5, 5.41) is 11.9. The number of anilines is 1. The Morgan fingerprint density at radius 1 is 1.43 bits per heavy atom. The summed E-state index contributed by atoms with van der Waals surface area (Å²) >= 11 is 0. The Hall–Kier alpha value is -1.77. The molecule has 0 aromatic heterocycles. The van der Waals surface area contributed by atoms with Gasteiger partial charge in [0.15, 0.2) is 0 Å². The Morgan fingerprint density at radius 3 is 2.93 bits per heavy atom. The first-order valence-corrected chi connectivity index (χ1v) is 4.48. The lowest BCUT2D eigenvalue weighted by atomic mass is 10.0. The van der Waals surface area contributed by atoms with Gasteiger partial charge in [-0.2, -0.15) is 0 Å². The zero-order chi connectivity index (χ0) is 10.1. The number of nitrogens with one attached hydrogen (secondary N) is 1. The molecular formula is C11H11NO2. The zero-order valence-electron chi connectivity index (χ0n) is 7.71. The highest BCUT2D eigenvalue weighted by Crippen LogP contribution is 2.25. The van der Waals surface area contributed by atoms with Gasteiger partial charge in [-0.25, -0.2) is 0 Å². The summed E-state index contributed by atoms with van der Waals surface area (Å²) in [7, 11) is 0. The van der Waals surface area contributed by atoms with Gasteiger partial charge in [0.1, 0.15) is 5.76 Å². The molecule has 3 heteroatoms. The van der Waals surface area contributed by atoms with E-state index in [9.17, 15) is 9.90 Å². The van der Waals surface area contributed by atoms with Gasteiger partial charge in [0.2, 0.25) is 5.91 Å². The molecule has 0 fully saturated rings. The Balaban J connectivity index is 2.42. The van der Waals surface area contributed by atoms with Crippen LogP contribution in [-0.4, -0.2) is 11.0 Å². The van der Waals surface area contributed by atoms with Gasteiger partial charge >= 0.3 is 0 Å². The van der Waals surface area contributed by atoms with Crippen LogP contribution in [0.15, 0.2) is 24.8 Å². The van der Waals surface area contributed by atoms with Gasteiger partial charge in [-0.15, -0.1) is 0 Å². The van der Waals surface area contributed by atoms with E-state index in [0.717, 1.165) is 17.7 Å². The summed E-state index contributed by atoms with van der Waals surface area (Å²) < 4.78 is 0. The second-order valence-electron chi connectivity index (χ2n) is 3.37. The van der Waals surface area contributed by atoms with E-state index in [2.05, 4.69) is 11.9 Å². The fourth-order valence-corrected chi connectivity index (χ4v) is 1.55. The molecule has 1 amide bonds. The summed E-state index contributed by atoms with van der Waals surface area (Å²) in [5.41, 5.74) is 2.54. The van der Waals surface area contributed by atoms with Crippen LogP contribution in [0.1, 0.15) is 17.5 Å². The second-order valence-corrected chi connectivity index (χ2v) is 3.37. The second kappa shape index (κ2) is 3.18. The molecule has 1 aromatic rings. The zero-order valence-corrected chi connectivity index (χ0v) is 7.71. The van der Waals surface area contributed by atoms with Crippen LogP contribution in [0, 0.1) is 0 Å². The van der Waals surface area contributed by atoms with Gasteiger partial charge in [-0.1, -0.05) is 18.7 Å². The quantitative estimate of drug-likeness (QED) is 0.664. The highest BCUT2D eigenvalue weighted by atomic mass is 16.3. The molecule has 0 radical (unpaired) electrons. The normalized spacial score (nSPS) is 14.4. The van der Waals surface area contributed by atoms with Crippen LogP contribution in [0.4, 0.5) is 5.69 Å². The average molecular weight is 189 g/mol. The van der Waals surface area contributed by atoms with Gasteiger partial charge in [-0.3, -0.25) is 4.79 Å². The summed E-state index contributed by atoms with van der Waals surface area (Å²) in [5.74, 6) is 0.0471. The minimum atomic E-state index is 0.0209. The number of carbonyl (C=O) groups is 1. The molecule has 0 saturated carbocycles. The van der Waals surface area contributed by atoms with E-state index in [4.69, 9.17) is 0 Å². The molecule has 2 N–H and O–H groups in total. The van der Waals surface area contributed by atoms with Crippen LogP contribution in [0.3, 0.4) is 0 Å². The third-order valence-electron chi connectivity index (χ3n) is 2.34. The number of carbonyl (C=O) groups excluding carboxylic acids is 1. The van der Waals surface area contributed by atoms with E-state index in [1.54, 1.807) is 12.1 Å². The number of rotatable bonds is 1. The van der Waals surface area contributed by atoms with E-state index < -0.39 is 0 Å². The predicted octanol–water partition coefficient (Wildman–Crippen LogP) is 2.10. The van der Waals surface area contributed by atoms with E-state index in [1.807, 2.05) is 6.07 Å². The molecule has 2 rings (SSSR count). The molecule has 0 spiro atoms. The third kappa shape index (κ3) is 1.48. The van der Waals surface area contributed by atoms with E-state index >= 15 is 0 Å². The number of amides is 1. The van der Waals surface area contributed by atoms with Crippen LogP contribution < -0.4 is 5.32 Å². The molecule has 1 aliphatic rings. The van der Waals surface area contributed by atoms with Crippen molar-refractivity contribution in [1.82, 2.24) is 0 Å². The maximum Gasteiger partial charge on any atom is 0.224 e. The Kier molecular flexibility index (Phi) is 2.00. The highest BCUT2D eigenvalue weighted by Gasteiger charge is 2.14. The van der Waals surface area contributed by atoms with Crippen molar-refractivity contribution in [3.63, 3.8) is 0 Å². The lowest BCUT2D eigenvalue weighted by Gasteiger charge is -2.17. The van der Waals surface area contributed by atoms with E-state index in [-0.39, 0.29) is 11.7 Å². The topological polar surface area (TPSA) is 49.3 Å². The largest absolute Gasteiger partial charge is 0.508 e. The Bertz CT molecular complexity index is 410. The first kappa shape index (κ1) is 8.81. The van der Waals surface area contributed by atoms with Crippen molar-refractivity contribution in [2.45, 2.75) is 12.8 Å². The fraction of sp³-hybridized carbons (Fsp3) is 0.182. The van der Waals surface area contributed by atoms with Crippen LogP contribution in [0.5, 0.6) is 0 Å². The summed E-state index contributed by atoms with van der Waals surface area (Å²) in [6.45, 7) is 3.44. The van der Waals surface area contributed by atoms with Gasteiger partial charge in [0, 0.05) is 17.7 Å². The fourth-order valence-electron chi connectivity index (χ4n) is 1.55. The van der Waals surface area contributed by atoms with Crippen molar-refractivity contribution < 1.29 is 9.90 Å². The van der Waals surface area contributed by atoms with Crippen LogP contribution in [0.25, 0.3) is 5.76 Å². The molecule has 1 heterocycles. The summed E-state index contributed by atoms with van der Waals surface area (Å²) in [4.78, 5) is 11.1. The first-order valence-electron chi connectivity index (χ1n) is 4.48. The number of benzene rings is 1. The summed E-state index contributed by atoms with van der Waals surface area (Å²) in [6, 6.07) is 5.46. The molecule has 1 aromatic carbocycles. The number of fused-ring (bicyclic) bond motifs is 1. The monoisotopic (exact) mass is 189 g/mol. The average Bonchev–Trinajstić information content (AvgIpc) is 2.16. The van der Waals surface area contributed by atoms with E-state index in [0.29, 0.717) is 12.0 Å². The summed E-state index contributed by atoms with van der Waals surface area (Å²) in [6.07, 6.45) is 1.30. The van der Waals surface area contributed by atoms with Gasteiger partial charge in [0.05, 0.1) is 0 Å². The molecule has 0 atom stereocenters. The molecule has 0 unspecified atom stereocenters. The third-order valence-corrected chi connectivity index (χ3v) is 2.34. The molecule has 0 aliphatic carbocycles. The molecule has 3 nitrogen and oxygen atoms in total. The first-order chi connectivity index (χ1) is 6.66. The van der Waals surface area contributed by atoms with Crippen molar-refractivity contribution in [3.05, 3.63) is 35.9 Å². The number of aliphatic hydroxyl groups is 1. The van der Waals surface area contributed by atoms with Crippen molar-refractivity contribution in [2.24, 2.45) is 0 Å². The Labute approximate surface area is 82.1 Å². The van der Waals surface area contributed by atoms with Crippen molar-refractivity contribution in [2.75, 3.05) is 5.32 Å². The Morgan fingerprint density at radius 2 is 2.21 bits per heavy atom. The standard InChI is InChI=1S/C11H11NO2/c1-7(13)9-3-2-8-4-5-11(14)12-10(8)6-9/h2-3,6,13H,1,4-5H2,(H,12,14). The van der Waals surface area contributed by atoms with E-state index in [1.165, 1.54) is 0 Å². The molecule has 1 aliphatic heterocycles. The van der Waals surface area contributed by atoms with Gasteiger partial charge in [-0.05, 0) is 18.1 Å². The van der Waals surface area contributed by atoms with Crippen molar-refractivity contribution >= 4 is 17.4 Å². The number of hydrogen-bond acceptors (Lipinski definition) is 2. The highest BCUT2D eigenvalue weighted by molar-refractivity contribution is 5.94. The molecule has 14 heavy (non-hydrogen) atoms. The number of aliphatic hydroxyl groups excluding tert-OH is 1. The van der Waals surface area contributed by atoms with Crippen molar-refractivity contribution in [3.8, 4) is 0 Å². The predicted molar refractivity (Wildman–Crippen MR) is 55.1 cm³/mol. The van der Waals surface area contributed by atoms with Gasteiger partial charge in [0.25, 0.3) is 0 Å². The van der Waals surface area contributed by atoms with Crippen LogP contribution in [0.2, 0.25) is 0 Å². The maximum absolute atomic E-state index is 11.1.